The summed E-state index contributed by atoms with van der Waals surface area (Å²) in [6.45, 7) is 4.36. The van der Waals surface area contributed by atoms with Crippen molar-refractivity contribution in [2.75, 3.05) is 0 Å². The maximum atomic E-state index is 6.30. The molecule has 2 aromatic rings. The van der Waals surface area contributed by atoms with E-state index in [0.717, 1.165) is 22.7 Å². The summed E-state index contributed by atoms with van der Waals surface area (Å²) in [5.74, 6) is 0.372. The molecule has 0 saturated heterocycles. The minimum Gasteiger partial charge on any atom is -0.282 e. The van der Waals surface area contributed by atoms with Gasteiger partial charge in [0.05, 0.1) is 5.54 Å². The minimum atomic E-state index is -0.115. The van der Waals surface area contributed by atoms with Gasteiger partial charge in [0.1, 0.15) is 0 Å². The van der Waals surface area contributed by atoms with Gasteiger partial charge in [-0.3, -0.25) is 9.98 Å². The normalized spacial score (nSPS) is 20.8. The highest BCUT2D eigenvalue weighted by atomic mass is 35.5. The second-order valence-electron chi connectivity index (χ2n) is 5.73. The molecule has 1 aliphatic heterocycles. The first kappa shape index (κ1) is 13.3. The Hall–Kier alpha value is -1.67. The Balaban J connectivity index is 1.97. The van der Waals surface area contributed by atoms with Gasteiger partial charge >= 0.3 is 0 Å². The molecule has 1 aromatic heterocycles. The first-order valence-electron chi connectivity index (χ1n) is 6.81. The van der Waals surface area contributed by atoms with Crippen molar-refractivity contribution in [2.24, 2.45) is 4.99 Å². The fourth-order valence-corrected chi connectivity index (χ4v) is 3.15. The molecule has 3 heteroatoms. The van der Waals surface area contributed by atoms with Crippen molar-refractivity contribution in [2.45, 2.75) is 31.7 Å². The molecule has 1 atom stereocenters. The van der Waals surface area contributed by atoms with Crippen LogP contribution in [0.5, 0.6) is 0 Å². The van der Waals surface area contributed by atoms with Crippen molar-refractivity contribution in [3.63, 3.8) is 0 Å². The molecule has 102 valence electrons. The van der Waals surface area contributed by atoms with E-state index in [-0.39, 0.29) is 5.54 Å². The molecular formula is C17H17ClN2. The van der Waals surface area contributed by atoms with Crippen molar-refractivity contribution in [1.29, 1.82) is 0 Å². The van der Waals surface area contributed by atoms with Gasteiger partial charge in [0.2, 0.25) is 0 Å². The molecule has 0 radical (unpaired) electrons. The van der Waals surface area contributed by atoms with Crippen LogP contribution in [-0.4, -0.2) is 16.2 Å². The number of pyridine rings is 1. The molecule has 0 fully saturated rings. The molecule has 2 heterocycles. The molecule has 0 saturated carbocycles. The van der Waals surface area contributed by atoms with Crippen LogP contribution in [0.4, 0.5) is 0 Å². The van der Waals surface area contributed by atoms with E-state index in [9.17, 15) is 0 Å². The molecule has 0 aliphatic carbocycles. The monoisotopic (exact) mass is 284 g/mol. The Bertz CT molecular complexity index is 647. The number of hydrogen-bond donors (Lipinski definition) is 0. The lowest BCUT2D eigenvalue weighted by atomic mass is 9.82. The van der Waals surface area contributed by atoms with Crippen molar-refractivity contribution in [3.05, 3.63) is 64.9 Å². The number of aliphatic imine (C=N–C) groups is 1. The van der Waals surface area contributed by atoms with E-state index in [1.807, 2.05) is 36.7 Å². The van der Waals surface area contributed by atoms with E-state index >= 15 is 0 Å². The van der Waals surface area contributed by atoms with Gasteiger partial charge in [-0.25, -0.2) is 0 Å². The van der Waals surface area contributed by atoms with Crippen molar-refractivity contribution < 1.29 is 0 Å². The number of hydrogen-bond acceptors (Lipinski definition) is 2. The molecule has 0 bridgehead atoms. The molecule has 0 N–H and O–H groups in total. The lowest BCUT2D eigenvalue weighted by Crippen LogP contribution is -2.22. The van der Waals surface area contributed by atoms with Gasteiger partial charge < -0.3 is 0 Å². The molecule has 3 rings (SSSR count). The van der Waals surface area contributed by atoms with Gasteiger partial charge in [-0.05, 0) is 44.0 Å². The first-order valence-corrected chi connectivity index (χ1v) is 7.19. The Kier molecular flexibility index (Phi) is 3.35. The zero-order chi connectivity index (χ0) is 14.2. The molecule has 0 amide bonds. The van der Waals surface area contributed by atoms with Gasteiger partial charge in [0.15, 0.2) is 0 Å². The van der Waals surface area contributed by atoms with Crippen LogP contribution in [0, 0.1) is 0 Å². The van der Waals surface area contributed by atoms with Crippen LogP contribution >= 0.6 is 11.6 Å². The topological polar surface area (TPSA) is 25.2 Å². The van der Waals surface area contributed by atoms with Gasteiger partial charge in [-0.2, -0.15) is 0 Å². The minimum absolute atomic E-state index is 0.115. The van der Waals surface area contributed by atoms with E-state index in [0.29, 0.717) is 5.92 Å². The molecular weight excluding hydrogens is 268 g/mol. The Labute approximate surface area is 124 Å². The third-order valence-corrected chi connectivity index (χ3v) is 4.30. The summed E-state index contributed by atoms with van der Waals surface area (Å²) >= 11 is 6.30. The second kappa shape index (κ2) is 5.02. The summed E-state index contributed by atoms with van der Waals surface area (Å²) in [5, 5.41) is 0.775. The average molecular weight is 285 g/mol. The summed E-state index contributed by atoms with van der Waals surface area (Å²) in [5.41, 5.74) is 3.33. The van der Waals surface area contributed by atoms with Crippen LogP contribution in [0.2, 0.25) is 5.02 Å². The van der Waals surface area contributed by atoms with E-state index in [4.69, 9.17) is 16.6 Å². The highest BCUT2D eigenvalue weighted by Gasteiger charge is 2.37. The predicted molar refractivity (Wildman–Crippen MR) is 83.7 cm³/mol. The molecule has 0 spiro atoms. The summed E-state index contributed by atoms with van der Waals surface area (Å²) in [4.78, 5) is 9.02. The van der Waals surface area contributed by atoms with Gasteiger partial charge in [-0.1, -0.05) is 29.8 Å². The fraction of sp³-hybridized carbons (Fsp3) is 0.294. The van der Waals surface area contributed by atoms with E-state index in [2.05, 4.69) is 31.0 Å². The van der Waals surface area contributed by atoms with Gasteiger partial charge in [0.25, 0.3) is 0 Å². The van der Waals surface area contributed by atoms with E-state index in [1.54, 1.807) is 0 Å². The number of halogens is 1. The summed E-state index contributed by atoms with van der Waals surface area (Å²) in [7, 11) is 0. The van der Waals surface area contributed by atoms with Crippen molar-refractivity contribution >= 4 is 17.3 Å². The second-order valence-corrected chi connectivity index (χ2v) is 6.14. The Morgan fingerprint density at radius 1 is 1.10 bits per heavy atom. The lowest BCUT2D eigenvalue weighted by Gasteiger charge is -2.24. The number of aromatic nitrogens is 1. The fourth-order valence-electron chi connectivity index (χ4n) is 2.90. The summed E-state index contributed by atoms with van der Waals surface area (Å²) in [6, 6.07) is 12.1. The summed E-state index contributed by atoms with van der Waals surface area (Å²) < 4.78 is 0. The largest absolute Gasteiger partial charge is 0.282 e. The van der Waals surface area contributed by atoms with Crippen molar-refractivity contribution in [3.8, 4) is 0 Å². The van der Waals surface area contributed by atoms with E-state index in [1.165, 1.54) is 5.56 Å². The maximum absolute atomic E-state index is 6.30. The van der Waals surface area contributed by atoms with Crippen LogP contribution in [0.3, 0.4) is 0 Å². The SMILES string of the molecule is CC1(C)N=C(c2ccccc2Cl)CC1c1ccncc1. The highest BCUT2D eigenvalue weighted by Crippen LogP contribution is 2.41. The number of nitrogens with zero attached hydrogens (tertiary/aromatic N) is 2. The molecule has 2 nitrogen and oxygen atoms in total. The van der Waals surface area contributed by atoms with Crippen LogP contribution in [-0.2, 0) is 0 Å². The smallest absolute Gasteiger partial charge is 0.0627 e. The summed E-state index contributed by atoms with van der Waals surface area (Å²) in [6.07, 6.45) is 4.61. The molecule has 1 aliphatic rings. The molecule has 1 unspecified atom stereocenters. The van der Waals surface area contributed by atoms with Crippen LogP contribution in [0.1, 0.15) is 37.3 Å². The van der Waals surface area contributed by atoms with Gasteiger partial charge in [-0.15, -0.1) is 0 Å². The molecule has 1 aromatic carbocycles. The van der Waals surface area contributed by atoms with Crippen molar-refractivity contribution in [1.82, 2.24) is 4.98 Å². The average Bonchev–Trinajstić information content (AvgIpc) is 2.76. The zero-order valence-electron chi connectivity index (χ0n) is 11.7. The van der Waals surface area contributed by atoms with Crippen LogP contribution in [0.25, 0.3) is 0 Å². The van der Waals surface area contributed by atoms with Crippen LogP contribution in [0.15, 0.2) is 53.8 Å². The Morgan fingerprint density at radius 3 is 2.50 bits per heavy atom. The predicted octanol–water partition coefficient (Wildman–Crippen LogP) is 4.49. The zero-order valence-corrected chi connectivity index (χ0v) is 12.4. The third-order valence-electron chi connectivity index (χ3n) is 3.97. The highest BCUT2D eigenvalue weighted by molar-refractivity contribution is 6.34. The standard InChI is InChI=1S/C17H17ClN2/c1-17(2)14(12-7-9-19-10-8-12)11-16(20-17)13-5-3-4-6-15(13)18/h3-10,14H,11H2,1-2H3. The number of benzene rings is 1. The quantitative estimate of drug-likeness (QED) is 0.797. The number of rotatable bonds is 2. The van der Waals surface area contributed by atoms with Gasteiger partial charge in [0, 0.05) is 34.6 Å². The Morgan fingerprint density at radius 2 is 1.80 bits per heavy atom. The maximum Gasteiger partial charge on any atom is 0.0627 e. The first-order chi connectivity index (χ1) is 9.58. The van der Waals surface area contributed by atoms with Crippen LogP contribution < -0.4 is 0 Å². The third kappa shape index (κ3) is 2.36. The lowest BCUT2D eigenvalue weighted by molar-refractivity contribution is 0.452. The van der Waals surface area contributed by atoms with E-state index < -0.39 is 0 Å². The molecule has 20 heavy (non-hydrogen) atoms.